The molecule has 0 N–H and O–H groups in total. The quantitative estimate of drug-likeness (QED) is 0.642. The van der Waals surface area contributed by atoms with E-state index in [9.17, 15) is 12.8 Å². The van der Waals surface area contributed by atoms with Crippen molar-refractivity contribution in [2.45, 2.75) is 25.2 Å². The number of halogens is 1. The summed E-state index contributed by atoms with van der Waals surface area (Å²) in [6.45, 7) is 3.78. The maximum absolute atomic E-state index is 13.2. The van der Waals surface area contributed by atoms with E-state index >= 15 is 0 Å². The van der Waals surface area contributed by atoms with Gasteiger partial charge < -0.3 is 4.42 Å². The normalized spacial score (nSPS) is 11.5. The van der Waals surface area contributed by atoms with Gasteiger partial charge in [-0.15, -0.1) is 0 Å². The molecule has 0 atom stereocenters. The Hall–Kier alpha value is -2.67. The molecule has 3 rings (SSSR count). The highest BCUT2D eigenvalue weighted by Crippen LogP contribution is 2.34. The highest BCUT2D eigenvalue weighted by Gasteiger charge is 2.30. The topological polar surface area (TPSA) is 63.4 Å². The summed E-state index contributed by atoms with van der Waals surface area (Å²) in [6, 6.07) is 13.9. The highest BCUT2D eigenvalue weighted by molar-refractivity contribution is 7.92. The minimum absolute atomic E-state index is 0.180. The molecule has 3 aromatic rings. The maximum atomic E-state index is 13.2. The first kappa shape index (κ1) is 18.1. The predicted molar refractivity (Wildman–Crippen MR) is 97.9 cm³/mol. The van der Waals surface area contributed by atoms with E-state index < -0.39 is 10.0 Å². The predicted octanol–water partition coefficient (Wildman–Crippen LogP) is 4.39. The lowest BCUT2D eigenvalue weighted by atomic mass is 10.2. The molecule has 2 aromatic carbocycles. The van der Waals surface area contributed by atoms with Gasteiger partial charge in [0.15, 0.2) is 17.5 Å². The van der Waals surface area contributed by atoms with Crippen LogP contribution in [0.1, 0.15) is 19.2 Å². The van der Waals surface area contributed by atoms with Gasteiger partial charge in [0.25, 0.3) is 10.0 Å². The van der Waals surface area contributed by atoms with Crippen molar-refractivity contribution in [2.75, 3.05) is 10.8 Å². The van der Waals surface area contributed by atoms with E-state index in [1.807, 2.05) is 6.92 Å². The van der Waals surface area contributed by atoms with Crippen molar-refractivity contribution in [3.05, 3.63) is 66.3 Å². The van der Waals surface area contributed by atoms with Crippen LogP contribution < -0.4 is 4.31 Å². The standard InChI is InChI=1S/C19H19FN2O3S/c1-3-13-22(26(23,24)17-7-5-4-6-8-17)19-18(25-14(2)21-19)15-9-11-16(20)12-10-15/h4-12H,3,13H2,1-2H3. The molecule has 0 radical (unpaired) electrons. The second kappa shape index (κ2) is 7.29. The molecule has 0 fully saturated rings. The highest BCUT2D eigenvalue weighted by atomic mass is 32.2. The first-order valence-electron chi connectivity index (χ1n) is 8.24. The number of hydrogen-bond donors (Lipinski definition) is 0. The largest absolute Gasteiger partial charge is 0.439 e. The van der Waals surface area contributed by atoms with Gasteiger partial charge in [0.05, 0.1) is 4.90 Å². The van der Waals surface area contributed by atoms with Crippen molar-refractivity contribution in [3.63, 3.8) is 0 Å². The van der Waals surface area contributed by atoms with Crippen LogP contribution in [-0.2, 0) is 10.0 Å². The Balaban J connectivity index is 2.14. The first-order valence-corrected chi connectivity index (χ1v) is 9.68. The number of oxazole rings is 1. The minimum Gasteiger partial charge on any atom is -0.439 e. The van der Waals surface area contributed by atoms with Crippen LogP contribution in [0.3, 0.4) is 0 Å². The summed E-state index contributed by atoms with van der Waals surface area (Å²) in [5.41, 5.74) is 0.561. The third kappa shape index (κ3) is 3.48. The van der Waals surface area contributed by atoms with Gasteiger partial charge in [-0.2, -0.15) is 4.98 Å². The van der Waals surface area contributed by atoms with E-state index in [1.165, 1.54) is 28.6 Å². The Morgan fingerprint density at radius 3 is 2.35 bits per heavy atom. The molecule has 0 aliphatic carbocycles. The molecule has 0 spiro atoms. The molecule has 136 valence electrons. The van der Waals surface area contributed by atoms with Gasteiger partial charge in [0.2, 0.25) is 0 Å². The molecule has 0 unspecified atom stereocenters. The molecule has 26 heavy (non-hydrogen) atoms. The molecule has 0 saturated carbocycles. The van der Waals surface area contributed by atoms with Crippen LogP contribution >= 0.6 is 0 Å². The molecule has 0 aliphatic heterocycles. The van der Waals surface area contributed by atoms with Gasteiger partial charge >= 0.3 is 0 Å². The molecular weight excluding hydrogens is 355 g/mol. The Morgan fingerprint density at radius 2 is 1.73 bits per heavy atom. The average Bonchev–Trinajstić information content (AvgIpc) is 3.02. The minimum atomic E-state index is -3.80. The van der Waals surface area contributed by atoms with Crippen molar-refractivity contribution in [2.24, 2.45) is 0 Å². The summed E-state index contributed by atoms with van der Waals surface area (Å²) in [5.74, 6) is 0.466. The van der Waals surface area contributed by atoms with Gasteiger partial charge in [0, 0.05) is 19.0 Å². The summed E-state index contributed by atoms with van der Waals surface area (Å²) < 4.78 is 46.5. The number of rotatable bonds is 6. The Morgan fingerprint density at radius 1 is 1.08 bits per heavy atom. The maximum Gasteiger partial charge on any atom is 0.265 e. The average molecular weight is 374 g/mol. The number of aromatic nitrogens is 1. The third-order valence-corrected chi connectivity index (χ3v) is 5.62. The van der Waals surface area contributed by atoms with Gasteiger partial charge in [-0.05, 0) is 42.8 Å². The molecule has 1 heterocycles. The van der Waals surface area contributed by atoms with E-state index in [4.69, 9.17) is 4.42 Å². The summed E-state index contributed by atoms with van der Waals surface area (Å²) >= 11 is 0. The number of nitrogens with zero attached hydrogens (tertiary/aromatic N) is 2. The van der Waals surface area contributed by atoms with Crippen LogP contribution in [0, 0.1) is 12.7 Å². The van der Waals surface area contributed by atoms with Crippen LogP contribution in [-0.4, -0.2) is 19.9 Å². The van der Waals surface area contributed by atoms with Gasteiger partial charge in [-0.1, -0.05) is 25.1 Å². The van der Waals surface area contributed by atoms with Crippen molar-refractivity contribution < 1.29 is 17.2 Å². The van der Waals surface area contributed by atoms with E-state index in [1.54, 1.807) is 37.3 Å². The van der Waals surface area contributed by atoms with E-state index in [2.05, 4.69) is 4.98 Å². The lowest BCUT2D eigenvalue weighted by molar-refractivity contribution is 0.534. The molecule has 7 heteroatoms. The fraction of sp³-hybridized carbons (Fsp3) is 0.211. The van der Waals surface area contributed by atoms with Crippen molar-refractivity contribution in [1.82, 2.24) is 4.98 Å². The number of benzene rings is 2. The lowest BCUT2D eigenvalue weighted by Crippen LogP contribution is -2.32. The van der Waals surface area contributed by atoms with E-state index in [0.717, 1.165) is 0 Å². The zero-order chi connectivity index (χ0) is 18.7. The monoisotopic (exact) mass is 374 g/mol. The van der Waals surface area contributed by atoms with Crippen LogP contribution in [0.25, 0.3) is 11.3 Å². The fourth-order valence-corrected chi connectivity index (χ4v) is 4.17. The zero-order valence-corrected chi connectivity index (χ0v) is 15.3. The van der Waals surface area contributed by atoms with Crippen molar-refractivity contribution in [3.8, 4) is 11.3 Å². The Labute approximate surface area is 152 Å². The molecule has 0 amide bonds. The Kier molecular flexibility index (Phi) is 5.08. The molecule has 5 nitrogen and oxygen atoms in total. The third-order valence-electron chi connectivity index (χ3n) is 3.82. The number of sulfonamides is 1. The van der Waals surface area contributed by atoms with E-state index in [0.29, 0.717) is 23.6 Å². The number of hydrogen-bond acceptors (Lipinski definition) is 4. The molecule has 0 saturated heterocycles. The van der Waals surface area contributed by atoms with Crippen LogP contribution in [0.4, 0.5) is 10.2 Å². The van der Waals surface area contributed by atoms with Gasteiger partial charge in [0.1, 0.15) is 5.82 Å². The van der Waals surface area contributed by atoms with Gasteiger partial charge in [-0.3, -0.25) is 0 Å². The van der Waals surface area contributed by atoms with Crippen LogP contribution in [0.2, 0.25) is 0 Å². The van der Waals surface area contributed by atoms with Crippen molar-refractivity contribution >= 4 is 15.8 Å². The molecule has 0 aliphatic rings. The summed E-state index contributed by atoms with van der Waals surface area (Å²) in [4.78, 5) is 4.49. The first-order chi connectivity index (χ1) is 12.4. The molecule has 1 aromatic heterocycles. The lowest BCUT2D eigenvalue weighted by Gasteiger charge is -2.22. The second-order valence-electron chi connectivity index (χ2n) is 5.78. The summed E-state index contributed by atoms with van der Waals surface area (Å²) in [5, 5.41) is 0. The van der Waals surface area contributed by atoms with Crippen molar-refractivity contribution in [1.29, 1.82) is 0 Å². The SMILES string of the molecule is CCCN(c1nc(C)oc1-c1ccc(F)cc1)S(=O)(=O)c1ccccc1. The summed E-state index contributed by atoms with van der Waals surface area (Å²) in [6.07, 6.45) is 0.598. The van der Waals surface area contributed by atoms with Crippen LogP contribution in [0.15, 0.2) is 63.9 Å². The smallest absolute Gasteiger partial charge is 0.265 e. The number of aryl methyl sites for hydroxylation is 1. The second-order valence-corrected chi connectivity index (χ2v) is 7.65. The number of anilines is 1. The van der Waals surface area contributed by atoms with Gasteiger partial charge in [-0.25, -0.2) is 17.1 Å². The molecule has 0 bridgehead atoms. The van der Waals surface area contributed by atoms with Crippen LogP contribution in [0.5, 0.6) is 0 Å². The zero-order valence-electron chi connectivity index (χ0n) is 14.5. The Bertz CT molecular complexity index is 983. The fourth-order valence-electron chi connectivity index (χ4n) is 2.64. The molecular formula is C19H19FN2O3S. The van der Waals surface area contributed by atoms with E-state index in [-0.39, 0.29) is 23.1 Å². The summed E-state index contributed by atoms with van der Waals surface area (Å²) in [7, 11) is -3.80.